The van der Waals surface area contributed by atoms with Crippen LogP contribution in [-0.4, -0.2) is 19.0 Å². The summed E-state index contributed by atoms with van der Waals surface area (Å²) < 4.78 is 11.3. The van der Waals surface area contributed by atoms with Crippen molar-refractivity contribution in [2.45, 2.75) is 38.4 Å². The molecule has 1 heterocycles. The molecule has 0 amide bonds. The summed E-state index contributed by atoms with van der Waals surface area (Å²) in [6, 6.07) is 0. The van der Waals surface area contributed by atoms with E-state index in [2.05, 4.69) is 6.92 Å². The van der Waals surface area contributed by atoms with Gasteiger partial charge in [0.15, 0.2) is 5.79 Å². The average Bonchev–Trinajstić information content (AvgIpc) is 2.37. The Balaban J connectivity index is 2.00. The van der Waals surface area contributed by atoms with E-state index in [1.807, 2.05) is 0 Å². The summed E-state index contributed by atoms with van der Waals surface area (Å²) in [5.74, 6) is 0.624. The summed E-state index contributed by atoms with van der Waals surface area (Å²) >= 11 is 0. The van der Waals surface area contributed by atoms with Crippen LogP contribution in [0.3, 0.4) is 0 Å². The summed E-state index contributed by atoms with van der Waals surface area (Å²) in [4.78, 5) is 0. The molecule has 0 bridgehead atoms. The molecule has 0 radical (unpaired) electrons. The largest absolute Gasteiger partial charge is 0.348 e. The van der Waals surface area contributed by atoms with Gasteiger partial charge in [-0.05, 0) is 12.3 Å². The first-order valence-electron chi connectivity index (χ1n) is 4.59. The SMILES string of the molecule is C[C@H]1CCCC2(C1)OCCO2. The molecule has 2 aliphatic rings. The van der Waals surface area contributed by atoms with Crippen LogP contribution in [-0.2, 0) is 9.47 Å². The molecule has 1 saturated heterocycles. The summed E-state index contributed by atoms with van der Waals surface area (Å²) in [7, 11) is 0. The molecule has 2 heteroatoms. The van der Waals surface area contributed by atoms with E-state index >= 15 is 0 Å². The number of ether oxygens (including phenoxy) is 2. The quantitative estimate of drug-likeness (QED) is 0.533. The van der Waals surface area contributed by atoms with Gasteiger partial charge in [0.1, 0.15) is 0 Å². The maximum absolute atomic E-state index is 5.63. The molecular weight excluding hydrogens is 140 g/mol. The minimum atomic E-state index is -0.155. The van der Waals surface area contributed by atoms with Gasteiger partial charge in [0, 0.05) is 12.8 Å². The van der Waals surface area contributed by atoms with Gasteiger partial charge in [0.2, 0.25) is 0 Å². The van der Waals surface area contributed by atoms with Crippen molar-refractivity contribution in [3.63, 3.8) is 0 Å². The molecule has 0 aromatic heterocycles. The fourth-order valence-corrected chi connectivity index (χ4v) is 2.21. The van der Waals surface area contributed by atoms with Crippen molar-refractivity contribution in [3.05, 3.63) is 0 Å². The third-order valence-electron chi connectivity index (χ3n) is 2.73. The highest BCUT2D eigenvalue weighted by Crippen LogP contribution is 2.38. The molecule has 1 spiro atoms. The Bertz CT molecular complexity index is 138. The molecule has 1 aliphatic heterocycles. The maximum atomic E-state index is 5.63. The van der Waals surface area contributed by atoms with E-state index in [-0.39, 0.29) is 5.79 Å². The molecule has 1 aliphatic carbocycles. The van der Waals surface area contributed by atoms with Gasteiger partial charge in [-0.1, -0.05) is 13.3 Å². The summed E-state index contributed by atoms with van der Waals surface area (Å²) in [5.41, 5.74) is 0. The third kappa shape index (κ3) is 1.42. The van der Waals surface area contributed by atoms with Crippen LogP contribution in [0, 0.1) is 5.92 Å². The number of hydrogen-bond donors (Lipinski definition) is 0. The average molecular weight is 156 g/mol. The van der Waals surface area contributed by atoms with Gasteiger partial charge in [-0.2, -0.15) is 0 Å². The molecule has 0 unspecified atom stereocenters. The van der Waals surface area contributed by atoms with E-state index in [0.717, 1.165) is 32.0 Å². The third-order valence-corrected chi connectivity index (χ3v) is 2.73. The first-order valence-corrected chi connectivity index (χ1v) is 4.59. The predicted octanol–water partition coefficient (Wildman–Crippen LogP) is 1.94. The van der Waals surface area contributed by atoms with E-state index in [1.54, 1.807) is 0 Å². The number of rotatable bonds is 0. The Morgan fingerprint density at radius 3 is 2.64 bits per heavy atom. The Hall–Kier alpha value is -0.0800. The highest BCUT2D eigenvalue weighted by molar-refractivity contribution is 4.81. The van der Waals surface area contributed by atoms with Crippen molar-refractivity contribution in [1.29, 1.82) is 0 Å². The molecule has 1 atom stereocenters. The molecule has 11 heavy (non-hydrogen) atoms. The van der Waals surface area contributed by atoms with Gasteiger partial charge in [0.25, 0.3) is 0 Å². The normalized spacial score (nSPS) is 36.3. The first-order chi connectivity index (χ1) is 5.31. The van der Waals surface area contributed by atoms with Crippen molar-refractivity contribution >= 4 is 0 Å². The van der Waals surface area contributed by atoms with E-state index in [1.165, 1.54) is 12.8 Å². The van der Waals surface area contributed by atoms with Crippen molar-refractivity contribution in [2.24, 2.45) is 5.92 Å². The van der Waals surface area contributed by atoms with Crippen molar-refractivity contribution in [2.75, 3.05) is 13.2 Å². The zero-order valence-corrected chi connectivity index (χ0v) is 7.14. The van der Waals surface area contributed by atoms with Crippen LogP contribution in [0.2, 0.25) is 0 Å². The minimum absolute atomic E-state index is 0.155. The van der Waals surface area contributed by atoms with Gasteiger partial charge in [-0.25, -0.2) is 0 Å². The smallest absolute Gasteiger partial charge is 0.168 e. The summed E-state index contributed by atoms with van der Waals surface area (Å²) in [5, 5.41) is 0. The van der Waals surface area contributed by atoms with E-state index < -0.39 is 0 Å². The van der Waals surface area contributed by atoms with Crippen LogP contribution in [0.4, 0.5) is 0 Å². The lowest BCUT2D eigenvalue weighted by molar-refractivity contribution is -0.185. The van der Waals surface area contributed by atoms with Crippen LogP contribution in [0.5, 0.6) is 0 Å². The van der Waals surface area contributed by atoms with Crippen LogP contribution in [0.1, 0.15) is 32.6 Å². The van der Waals surface area contributed by atoms with Crippen molar-refractivity contribution < 1.29 is 9.47 Å². The zero-order chi connectivity index (χ0) is 7.73. The zero-order valence-electron chi connectivity index (χ0n) is 7.14. The van der Waals surface area contributed by atoms with E-state index in [0.29, 0.717) is 0 Å². The molecule has 2 rings (SSSR count). The second kappa shape index (κ2) is 2.76. The van der Waals surface area contributed by atoms with Gasteiger partial charge in [-0.3, -0.25) is 0 Å². The lowest BCUT2D eigenvalue weighted by atomic mass is 9.86. The van der Waals surface area contributed by atoms with Crippen LogP contribution in [0.25, 0.3) is 0 Å². The van der Waals surface area contributed by atoms with E-state index in [4.69, 9.17) is 9.47 Å². The van der Waals surface area contributed by atoms with Crippen molar-refractivity contribution in [1.82, 2.24) is 0 Å². The molecule has 0 N–H and O–H groups in total. The molecule has 2 fully saturated rings. The molecule has 2 nitrogen and oxygen atoms in total. The van der Waals surface area contributed by atoms with Crippen molar-refractivity contribution in [3.8, 4) is 0 Å². The van der Waals surface area contributed by atoms with Crippen LogP contribution in [0.15, 0.2) is 0 Å². The topological polar surface area (TPSA) is 18.5 Å². The molecule has 64 valence electrons. The predicted molar refractivity (Wildman–Crippen MR) is 42.3 cm³/mol. The molecule has 0 aromatic carbocycles. The monoisotopic (exact) mass is 156 g/mol. The highest BCUT2D eigenvalue weighted by Gasteiger charge is 2.39. The molecule has 1 saturated carbocycles. The Labute approximate surface area is 67.9 Å². The van der Waals surface area contributed by atoms with E-state index in [9.17, 15) is 0 Å². The van der Waals surface area contributed by atoms with Crippen LogP contribution >= 0.6 is 0 Å². The lowest BCUT2D eigenvalue weighted by Gasteiger charge is -2.34. The Morgan fingerprint density at radius 2 is 2.00 bits per heavy atom. The standard InChI is InChI=1S/C9H16O2/c1-8-3-2-4-9(7-8)10-5-6-11-9/h8H,2-7H2,1H3/t8-/m0/s1. The second-order valence-corrected chi connectivity index (χ2v) is 3.81. The van der Waals surface area contributed by atoms with Crippen LogP contribution < -0.4 is 0 Å². The fraction of sp³-hybridized carbons (Fsp3) is 1.00. The van der Waals surface area contributed by atoms with Gasteiger partial charge in [0.05, 0.1) is 13.2 Å². The first kappa shape index (κ1) is 7.56. The summed E-state index contributed by atoms with van der Waals surface area (Å²) in [6.07, 6.45) is 4.82. The number of hydrogen-bond acceptors (Lipinski definition) is 2. The fourth-order valence-electron chi connectivity index (χ4n) is 2.21. The lowest BCUT2D eigenvalue weighted by Crippen LogP contribution is -2.35. The second-order valence-electron chi connectivity index (χ2n) is 3.81. The Morgan fingerprint density at radius 1 is 1.27 bits per heavy atom. The Kier molecular flexibility index (Phi) is 1.90. The van der Waals surface area contributed by atoms with Gasteiger partial charge >= 0.3 is 0 Å². The highest BCUT2D eigenvalue weighted by atomic mass is 16.7. The minimum Gasteiger partial charge on any atom is -0.348 e. The molecular formula is C9H16O2. The summed E-state index contributed by atoms with van der Waals surface area (Å²) in [6.45, 7) is 3.88. The van der Waals surface area contributed by atoms with Gasteiger partial charge in [-0.15, -0.1) is 0 Å². The molecule has 0 aromatic rings. The van der Waals surface area contributed by atoms with Gasteiger partial charge < -0.3 is 9.47 Å². The maximum Gasteiger partial charge on any atom is 0.168 e.